The minimum absolute atomic E-state index is 0.0808. The van der Waals surface area contributed by atoms with E-state index in [0.717, 1.165) is 0 Å². The van der Waals surface area contributed by atoms with E-state index < -0.39 is 59.6 Å². The van der Waals surface area contributed by atoms with Gasteiger partial charge < -0.3 is 34.4 Å². The maximum absolute atomic E-state index is 14.3. The van der Waals surface area contributed by atoms with E-state index in [1.165, 1.54) is 12.0 Å². The van der Waals surface area contributed by atoms with Gasteiger partial charge in [-0.2, -0.15) is 0 Å². The first-order valence-corrected chi connectivity index (χ1v) is 14.9. The third kappa shape index (κ3) is 5.49. The number of hydrogen-bond donors (Lipinski definition) is 2. The number of carbonyl (C=O) groups is 4. The average molecular weight is 596 g/mol. The molecule has 1 aromatic rings. The number of aliphatic hydroxyl groups is 1. The number of allylic oxidation sites excluding steroid dienone is 1. The van der Waals surface area contributed by atoms with Crippen molar-refractivity contribution in [1.82, 2.24) is 15.1 Å². The van der Waals surface area contributed by atoms with Crippen molar-refractivity contribution >= 4 is 23.7 Å². The lowest BCUT2D eigenvalue weighted by Gasteiger charge is -2.38. The predicted molar refractivity (Wildman–Crippen MR) is 155 cm³/mol. The minimum atomic E-state index is -1.46. The largest absolute Gasteiger partial charge is 0.455 e. The minimum Gasteiger partial charge on any atom is -0.455 e. The van der Waals surface area contributed by atoms with Gasteiger partial charge in [-0.1, -0.05) is 54.6 Å². The smallest absolute Gasteiger partial charge is 0.313 e. The van der Waals surface area contributed by atoms with Gasteiger partial charge in [0.05, 0.1) is 37.3 Å². The Bertz CT molecular complexity index is 1280. The molecule has 11 heteroatoms. The number of rotatable bonds is 6. The zero-order chi connectivity index (χ0) is 30.9. The Morgan fingerprint density at radius 3 is 2.51 bits per heavy atom. The second-order valence-electron chi connectivity index (χ2n) is 12.0. The number of methoxy groups -OCH3 is 1. The molecule has 5 rings (SSSR count). The normalized spacial score (nSPS) is 34.4. The van der Waals surface area contributed by atoms with Crippen LogP contribution in [0.15, 0.2) is 54.6 Å². The number of cyclic esters (lactones) is 1. The summed E-state index contributed by atoms with van der Waals surface area (Å²) in [5, 5.41) is 13.1. The van der Waals surface area contributed by atoms with Crippen molar-refractivity contribution in [2.24, 2.45) is 11.8 Å². The number of esters is 1. The van der Waals surface area contributed by atoms with Crippen LogP contribution in [0.5, 0.6) is 0 Å². The van der Waals surface area contributed by atoms with Gasteiger partial charge in [0.2, 0.25) is 17.7 Å². The Hall–Kier alpha value is -3.54. The number of ether oxygens (including phenoxy) is 3. The van der Waals surface area contributed by atoms with E-state index in [-0.39, 0.29) is 37.5 Å². The summed E-state index contributed by atoms with van der Waals surface area (Å²) < 4.78 is 18.3. The number of hydrogen-bond acceptors (Lipinski definition) is 8. The molecule has 8 atom stereocenters. The Morgan fingerprint density at radius 2 is 1.84 bits per heavy atom. The van der Waals surface area contributed by atoms with E-state index in [1.807, 2.05) is 38.1 Å². The number of nitrogens with one attached hydrogen (secondary N) is 1. The number of carbonyl (C=O) groups excluding carboxylic acids is 4. The van der Waals surface area contributed by atoms with Gasteiger partial charge in [-0.3, -0.25) is 19.2 Å². The Kier molecular flexibility index (Phi) is 9.05. The summed E-state index contributed by atoms with van der Waals surface area (Å²) in [5.41, 5.74) is -0.804. The highest BCUT2D eigenvalue weighted by Gasteiger charge is 2.72. The molecule has 4 aliphatic heterocycles. The lowest BCUT2D eigenvalue weighted by atomic mass is 9.77. The van der Waals surface area contributed by atoms with E-state index in [9.17, 15) is 24.3 Å². The number of amides is 3. The number of aliphatic hydroxyl groups excluding tert-OH is 1. The highest BCUT2D eigenvalue weighted by atomic mass is 16.6. The molecular formula is C32H41N3O8. The topological polar surface area (TPSA) is 135 Å². The molecule has 2 saturated heterocycles. The SMILES string of the molecule is COC[C@@H]1NC(=O)CC/C=C\[C@@H]2O[C@@]34C=CCN(C(C)C)C(=O)[C@@H]3N([C@H](C)CO)C(=O)[C@H]4[C@@H]2C(=O)O[C@H]1c1ccccc1. The molecule has 0 bridgehead atoms. The van der Waals surface area contributed by atoms with Gasteiger partial charge in [0.15, 0.2) is 0 Å². The molecule has 2 fully saturated rings. The molecule has 11 nitrogen and oxygen atoms in total. The zero-order valence-electron chi connectivity index (χ0n) is 25.0. The number of fused-ring (bicyclic) bond motifs is 2. The number of benzene rings is 1. The summed E-state index contributed by atoms with van der Waals surface area (Å²) >= 11 is 0. The number of nitrogens with zero attached hydrogens (tertiary/aromatic N) is 2. The van der Waals surface area contributed by atoms with E-state index >= 15 is 0 Å². The summed E-state index contributed by atoms with van der Waals surface area (Å²) in [6, 6.07) is 6.45. The first kappa shape index (κ1) is 30.9. The second kappa shape index (κ2) is 12.6. The standard InChI is InChI=1S/C32H41N3O8/c1-19(2)34-16-10-15-32-26(29(38)35(20(3)17-36)28(32)30(34)39)25-23(43-32)13-8-9-14-24(37)33-22(18-41-4)27(42-31(25)40)21-11-6-5-7-12-21/h5-8,10-13,15,19-20,22-23,25-28,36H,9,14,16-18H2,1-4H3,(H,33,37)/b13-8-/t20-,22+,23+,25-,26-,27+,28+,32-/m1/s1. The van der Waals surface area contributed by atoms with Crippen LogP contribution in [0.25, 0.3) is 0 Å². The summed E-state index contributed by atoms with van der Waals surface area (Å²) in [7, 11) is 1.50. The fourth-order valence-electron chi connectivity index (χ4n) is 6.87. The maximum atomic E-state index is 14.3. The summed E-state index contributed by atoms with van der Waals surface area (Å²) in [6.45, 7) is 5.51. The van der Waals surface area contributed by atoms with E-state index in [1.54, 1.807) is 42.2 Å². The van der Waals surface area contributed by atoms with Gasteiger partial charge in [0.25, 0.3) is 0 Å². The lowest BCUT2D eigenvalue weighted by Crippen LogP contribution is -2.58. The zero-order valence-corrected chi connectivity index (χ0v) is 25.0. The van der Waals surface area contributed by atoms with Crippen LogP contribution >= 0.6 is 0 Å². The van der Waals surface area contributed by atoms with Crippen LogP contribution in [-0.4, -0.2) is 101 Å². The first-order valence-electron chi connectivity index (χ1n) is 14.9. The summed E-state index contributed by atoms with van der Waals surface area (Å²) in [6.07, 6.45) is 5.79. The monoisotopic (exact) mass is 595 g/mol. The molecule has 0 aliphatic carbocycles. The Morgan fingerprint density at radius 1 is 1.09 bits per heavy atom. The van der Waals surface area contributed by atoms with Gasteiger partial charge >= 0.3 is 5.97 Å². The third-order valence-electron chi connectivity index (χ3n) is 8.89. The van der Waals surface area contributed by atoms with Crippen LogP contribution < -0.4 is 5.32 Å². The van der Waals surface area contributed by atoms with Gasteiger partial charge in [0, 0.05) is 26.1 Å². The number of likely N-dealkylation sites (tertiary alicyclic amines) is 1. The predicted octanol–water partition coefficient (Wildman–Crippen LogP) is 1.52. The molecule has 0 unspecified atom stereocenters. The molecule has 0 aromatic heterocycles. The first-order chi connectivity index (χ1) is 20.6. The quantitative estimate of drug-likeness (QED) is 0.374. The van der Waals surface area contributed by atoms with Crippen molar-refractivity contribution in [2.75, 3.05) is 26.9 Å². The molecule has 1 spiro atoms. The molecule has 232 valence electrons. The van der Waals surface area contributed by atoms with Gasteiger partial charge in [-0.05, 0) is 32.8 Å². The van der Waals surface area contributed by atoms with Gasteiger partial charge in [0.1, 0.15) is 23.7 Å². The van der Waals surface area contributed by atoms with Gasteiger partial charge in [-0.15, -0.1) is 0 Å². The lowest BCUT2D eigenvalue weighted by molar-refractivity contribution is -0.163. The van der Waals surface area contributed by atoms with E-state index in [2.05, 4.69) is 5.32 Å². The van der Waals surface area contributed by atoms with Crippen molar-refractivity contribution in [3.63, 3.8) is 0 Å². The molecule has 1 aromatic carbocycles. The fraction of sp³-hybridized carbons (Fsp3) is 0.562. The molecular weight excluding hydrogens is 554 g/mol. The fourth-order valence-corrected chi connectivity index (χ4v) is 6.87. The van der Waals surface area contributed by atoms with Crippen molar-refractivity contribution in [1.29, 1.82) is 0 Å². The van der Waals surface area contributed by atoms with Crippen LogP contribution in [0.4, 0.5) is 0 Å². The molecule has 4 heterocycles. The molecule has 0 saturated carbocycles. The third-order valence-corrected chi connectivity index (χ3v) is 8.89. The van der Waals surface area contributed by atoms with Crippen LogP contribution in [0.1, 0.15) is 45.3 Å². The highest BCUT2D eigenvalue weighted by Crippen LogP contribution is 2.54. The second-order valence-corrected chi connectivity index (χ2v) is 12.0. The molecule has 0 radical (unpaired) electrons. The van der Waals surface area contributed by atoms with E-state index in [0.29, 0.717) is 18.5 Å². The van der Waals surface area contributed by atoms with Crippen molar-refractivity contribution in [3.8, 4) is 0 Å². The Labute approximate surface area is 251 Å². The van der Waals surface area contributed by atoms with Crippen LogP contribution in [-0.2, 0) is 33.4 Å². The summed E-state index contributed by atoms with van der Waals surface area (Å²) in [4.78, 5) is 58.7. The molecule has 2 N–H and O–H groups in total. The molecule has 43 heavy (non-hydrogen) atoms. The molecule has 3 amide bonds. The summed E-state index contributed by atoms with van der Waals surface area (Å²) in [5.74, 6) is -3.82. The van der Waals surface area contributed by atoms with Gasteiger partial charge in [-0.25, -0.2) is 0 Å². The van der Waals surface area contributed by atoms with Crippen molar-refractivity contribution in [3.05, 3.63) is 60.2 Å². The van der Waals surface area contributed by atoms with Crippen LogP contribution in [0, 0.1) is 11.8 Å². The van der Waals surface area contributed by atoms with E-state index in [4.69, 9.17) is 14.2 Å². The van der Waals surface area contributed by atoms with Crippen molar-refractivity contribution < 1.29 is 38.5 Å². The Balaban J connectivity index is 1.62. The van der Waals surface area contributed by atoms with Crippen LogP contribution in [0.3, 0.4) is 0 Å². The molecule has 4 aliphatic rings. The highest BCUT2D eigenvalue weighted by molar-refractivity contribution is 5.99. The average Bonchev–Trinajstić information content (AvgIpc) is 3.38. The van der Waals surface area contributed by atoms with Crippen molar-refractivity contribution in [2.45, 2.75) is 75.6 Å². The van der Waals surface area contributed by atoms with Crippen LogP contribution in [0.2, 0.25) is 0 Å². The maximum Gasteiger partial charge on any atom is 0.313 e.